The van der Waals surface area contributed by atoms with Crippen molar-refractivity contribution in [2.75, 3.05) is 6.54 Å². The number of hydrogen-bond acceptors (Lipinski definition) is 5. The highest BCUT2D eigenvalue weighted by Crippen LogP contribution is 2.26. The second kappa shape index (κ2) is 10.2. The minimum absolute atomic E-state index is 0.000741. The molecule has 0 aliphatic carbocycles. The lowest BCUT2D eigenvalue weighted by molar-refractivity contribution is -0.0107. The summed E-state index contributed by atoms with van der Waals surface area (Å²) >= 11 is 5.92. The van der Waals surface area contributed by atoms with Gasteiger partial charge in [-0.05, 0) is 67.8 Å². The van der Waals surface area contributed by atoms with Crippen LogP contribution in [0.25, 0.3) is 0 Å². The van der Waals surface area contributed by atoms with E-state index in [1.807, 2.05) is 43.3 Å². The molecular weight excluding hydrogens is 442 g/mol. The molecule has 1 fully saturated rings. The van der Waals surface area contributed by atoms with Crippen LogP contribution in [0, 0.1) is 0 Å². The zero-order valence-electron chi connectivity index (χ0n) is 18.6. The summed E-state index contributed by atoms with van der Waals surface area (Å²) in [7, 11) is 0. The van der Waals surface area contributed by atoms with Crippen molar-refractivity contribution in [2.24, 2.45) is 0 Å². The predicted molar refractivity (Wildman–Crippen MR) is 125 cm³/mol. The Morgan fingerprint density at radius 1 is 1.12 bits per heavy atom. The molecule has 3 aromatic rings. The van der Waals surface area contributed by atoms with Crippen LogP contribution in [0.5, 0.6) is 11.5 Å². The quantitative estimate of drug-likeness (QED) is 0.443. The molecule has 1 aliphatic heterocycles. The molecule has 1 saturated heterocycles. The van der Waals surface area contributed by atoms with Crippen LogP contribution < -0.4 is 4.74 Å². The summed E-state index contributed by atoms with van der Waals surface area (Å²) in [5, 5.41) is 4.75. The Morgan fingerprint density at radius 3 is 2.61 bits per heavy atom. The molecule has 4 rings (SSSR count). The van der Waals surface area contributed by atoms with Crippen LogP contribution in [0.3, 0.4) is 0 Å². The predicted octanol–water partition coefficient (Wildman–Crippen LogP) is 5.57. The second-order valence-electron chi connectivity index (χ2n) is 8.19. The summed E-state index contributed by atoms with van der Waals surface area (Å²) in [4.78, 5) is 26.0. The van der Waals surface area contributed by atoms with Crippen LogP contribution in [-0.2, 0) is 11.3 Å². The van der Waals surface area contributed by atoms with Gasteiger partial charge in [0.25, 0.3) is 0 Å². The maximum absolute atomic E-state index is 12.8. The summed E-state index contributed by atoms with van der Waals surface area (Å²) in [6.07, 6.45) is 3.05. The van der Waals surface area contributed by atoms with Crippen molar-refractivity contribution in [3.8, 4) is 11.5 Å². The van der Waals surface area contributed by atoms with Gasteiger partial charge in [-0.25, -0.2) is 4.79 Å². The van der Waals surface area contributed by atoms with E-state index in [0.717, 1.165) is 29.9 Å². The van der Waals surface area contributed by atoms with Crippen LogP contribution >= 0.6 is 11.6 Å². The molecule has 2 heterocycles. The monoisotopic (exact) mass is 467 g/mol. The van der Waals surface area contributed by atoms with Crippen molar-refractivity contribution in [1.82, 2.24) is 14.7 Å². The van der Waals surface area contributed by atoms with Gasteiger partial charge in [-0.2, -0.15) is 9.78 Å². The fourth-order valence-electron chi connectivity index (χ4n) is 3.87. The molecule has 0 N–H and O–H groups in total. The molecule has 1 aliphatic rings. The van der Waals surface area contributed by atoms with E-state index in [4.69, 9.17) is 21.1 Å². The van der Waals surface area contributed by atoms with E-state index in [-0.39, 0.29) is 29.7 Å². The van der Waals surface area contributed by atoms with E-state index >= 15 is 0 Å². The third-order valence-corrected chi connectivity index (χ3v) is 5.90. The number of hydrogen-bond donors (Lipinski definition) is 0. The standard InChI is InChI=1S/C25H26ClN3O4/c1-17-14-22(10-12-28(17)25(31)29-13-11-24(27-29)18(2)30)32-16-19-4-3-5-23(15-19)33-21-8-6-20(26)7-9-21/h3-9,11,13,15,17,22H,10,12,14,16H2,1-2H3/t17-,22-/m0/s1. The number of Topliss-reactive ketones (excluding diaryl/α,β-unsaturated/α-hetero) is 1. The van der Waals surface area contributed by atoms with E-state index in [2.05, 4.69) is 5.10 Å². The van der Waals surface area contributed by atoms with Crippen molar-refractivity contribution in [2.45, 2.75) is 45.4 Å². The van der Waals surface area contributed by atoms with E-state index in [9.17, 15) is 9.59 Å². The number of likely N-dealkylation sites (tertiary alicyclic amines) is 1. The highest BCUT2D eigenvalue weighted by molar-refractivity contribution is 6.30. The van der Waals surface area contributed by atoms with Crippen LogP contribution in [0.4, 0.5) is 4.79 Å². The lowest BCUT2D eigenvalue weighted by Gasteiger charge is -2.37. The average Bonchev–Trinajstić information content (AvgIpc) is 3.30. The Balaban J connectivity index is 1.30. The minimum Gasteiger partial charge on any atom is -0.457 e. The number of nitrogens with zero attached hydrogens (tertiary/aromatic N) is 3. The molecule has 0 bridgehead atoms. The Bertz CT molecular complexity index is 1130. The van der Waals surface area contributed by atoms with Gasteiger partial charge in [0.05, 0.1) is 12.7 Å². The largest absolute Gasteiger partial charge is 0.457 e. The Labute approximate surface area is 197 Å². The number of carbonyl (C=O) groups is 2. The fraction of sp³-hybridized carbons (Fsp3) is 0.320. The van der Waals surface area contributed by atoms with E-state index < -0.39 is 0 Å². The number of ketones is 1. The number of amides is 1. The fourth-order valence-corrected chi connectivity index (χ4v) is 3.99. The van der Waals surface area contributed by atoms with E-state index in [1.54, 1.807) is 23.1 Å². The molecule has 2 atom stereocenters. The summed E-state index contributed by atoms with van der Waals surface area (Å²) in [6.45, 7) is 4.47. The Morgan fingerprint density at radius 2 is 1.91 bits per heavy atom. The first-order valence-electron chi connectivity index (χ1n) is 10.9. The van der Waals surface area contributed by atoms with Gasteiger partial charge >= 0.3 is 6.03 Å². The first kappa shape index (κ1) is 23.0. The lowest BCUT2D eigenvalue weighted by atomic mass is 10.0. The number of halogens is 1. The molecule has 1 aromatic heterocycles. The van der Waals surface area contributed by atoms with Crippen LogP contribution in [0.1, 0.15) is 42.7 Å². The molecule has 0 saturated carbocycles. The Hall–Kier alpha value is -3.16. The van der Waals surface area contributed by atoms with Crippen LogP contribution in [0.15, 0.2) is 60.8 Å². The lowest BCUT2D eigenvalue weighted by Crippen LogP contribution is -2.48. The molecule has 2 aromatic carbocycles. The third-order valence-electron chi connectivity index (χ3n) is 5.65. The summed E-state index contributed by atoms with van der Waals surface area (Å²) in [5.41, 5.74) is 1.30. The number of benzene rings is 2. The number of aromatic nitrogens is 2. The van der Waals surface area contributed by atoms with Crippen LogP contribution in [0.2, 0.25) is 5.02 Å². The van der Waals surface area contributed by atoms with Gasteiger partial charge in [-0.15, -0.1) is 0 Å². The topological polar surface area (TPSA) is 73.7 Å². The van der Waals surface area contributed by atoms with Gasteiger partial charge in [-0.1, -0.05) is 23.7 Å². The molecule has 172 valence electrons. The zero-order chi connectivity index (χ0) is 23.4. The molecule has 8 heteroatoms. The maximum atomic E-state index is 12.8. The Kier molecular flexibility index (Phi) is 7.11. The molecule has 0 radical (unpaired) electrons. The van der Waals surface area contributed by atoms with Crippen molar-refractivity contribution >= 4 is 23.4 Å². The number of ether oxygens (including phenoxy) is 2. The number of carbonyl (C=O) groups excluding carboxylic acids is 2. The van der Waals surface area contributed by atoms with E-state index in [0.29, 0.717) is 18.2 Å². The summed E-state index contributed by atoms with van der Waals surface area (Å²) in [6, 6.07) is 16.4. The van der Waals surface area contributed by atoms with Crippen molar-refractivity contribution in [3.63, 3.8) is 0 Å². The highest BCUT2D eigenvalue weighted by Gasteiger charge is 2.30. The smallest absolute Gasteiger partial charge is 0.344 e. The van der Waals surface area contributed by atoms with E-state index in [1.165, 1.54) is 17.8 Å². The number of rotatable bonds is 6. The van der Waals surface area contributed by atoms with Crippen LogP contribution in [-0.4, -0.2) is 45.2 Å². The van der Waals surface area contributed by atoms with Gasteiger partial charge in [-0.3, -0.25) is 4.79 Å². The molecule has 33 heavy (non-hydrogen) atoms. The minimum atomic E-state index is -0.222. The summed E-state index contributed by atoms with van der Waals surface area (Å²) < 4.78 is 13.3. The SMILES string of the molecule is CC(=O)c1ccn(C(=O)N2CC[C@H](OCc3cccc(Oc4ccc(Cl)cc4)c3)C[C@@H]2C)n1. The second-order valence-corrected chi connectivity index (χ2v) is 8.62. The van der Waals surface area contributed by atoms with Crippen molar-refractivity contribution < 1.29 is 19.1 Å². The average molecular weight is 468 g/mol. The normalized spacial score (nSPS) is 18.2. The van der Waals surface area contributed by atoms with Crippen molar-refractivity contribution in [3.05, 3.63) is 77.1 Å². The molecular formula is C25H26ClN3O4. The van der Waals surface area contributed by atoms with Crippen molar-refractivity contribution in [1.29, 1.82) is 0 Å². The van der Waals surface area contributed by atoms with Gasteiger partial charge in [0.1, 0.15) is 17.2 Å². The molecule has 7 nitrogen and oxygen atoms in total. The highest BCUT2D eigenvalue weighted by atomic mass is 35.5. The zero-order valence-corrected chi connectivity index (χ0v) is 19.4. The first-order chi connectivity index (χ1) is 15.9. The van der Waals surface area contributed by atoms with Gasteiger partial charge < -0.3 is 14.4 Å². The molecule has 0 spiro atoms. The molecule has 1 amide bonds. The molecule has 0 unspecified atom stereocenters. The first-order valence-corrected chi connectivity index (χ1v) is 11.3. The van der Waals surface area contributed by atoms with Gasteiger partial charge in [0.2, 0.25) is 0 Å². The van der Waals surface area contributed by atoms with Gasteiger partial charge in [0, 0.05) is 30.7 Å². The third kappa shape index (κ3) is 5.80. The maximum Gasteiger partial charge on any atom is 0.344 e. The summed E-state index contributed by atoms with van der Waals surface area (Å²) in [5.74, 6) is 1.29. The number of piperidine rings is 1. The van der Waals surface area contributed by atoms with Gasteiger partial charge in [0.15, 0.2) is 5.78 Å².